The molecule has 0 N–H and O–H groups in total. The Balaban J connectivity index is 1.45. The SMILES string of the molecule is Cn1cnn(CN2CCN(C(=O)CCc3ccccc3)CC2)c1=S. The van der Waals surface area contributed by atoms with Crippen molar-refractivity contribution in [3.8, 4) is 0 Å². The smallest absolute Gasteiger partial charge is 0.222 e. The summed E-state index contributed by atoms with van der Waals surface area (Å²) >= 11 is 5.31. The predicted molar refractivity (Wildman–Crippen MR) is 94.9 cm³/mol. The van der Waals surface area contributed by atoms with Crippen LogP contribution < -0.4 is 0 Å². The molecule has 1 amide bonds. The fourth-order valence-corrected chi connectivity index (χ4v) is 3.05. The van der Waals surface area contributed by atoms with Gasteiger partial charge in [0, 0.05) is 39.6 Å². The van der Waals surface area contributed by atoms with Crippen LogP contribution in [0, 0.1) is 4.77 Å². The van der Waals surface area contributed by atoms with Crippen molar-refractivity contribution in [1.29, 1.82) is 0 Å². The van der Waals surface area contributed by atoms with Crippen molar-refractivity contribution < 1.29 is 4.79 Å². The van der Waals surface area contributed by atoms with Gasteiger partial charge in [-0.3, -0.25) is 9.69 Å². The van der Waals surface area contributed by atoms with Crippen LogP contribution in [0.25, 0.3) is 0 Å². The van der Waals surface area contributed by atoms with E-state index in [-0.39, 0.29) is 5.91 Å². The van der Waals surface area contributed by atoms with E-state index in [0.717, 1.165) is 37.4 Å². The summed E-state index contributed by atoms with van der Waals surface area (Å²) < 4.78 is 4.37. The average Bonchev–Trinajstić information content (AvgIpc) is 2.93. The van der Waals surface area contributed by atoms with Crippen molar-refractivity contribution in [3.63, 3.8) is 0 Å². The first kappa shape index (κ1) is 16.9. The molecule has 1 saturated heterocycles. The van der Waals surface area contributed by atoms with Gasteiger partial charge in [-0.2, -0.15) is 5.10 Å². The highest BCUT2D eigenvalue weighted by Gasteiger charge is 2.21. The highest BCUT2D eigenvalue weighted by molar-refractivity contribution is 7.71. The van der Waals surface area contributed by atoms with Crippen LogP contribution in [-0.2, 0) is 24.9 Å². The number of nitrogens with zero attached hydrogens (tertiary/aromatic N) is 5. The highest BCUT2D eigenvalue weighted by Crippen LogP contribution is 2.08. The Morgan fingerprint density at radius 3 is 2.50 bits per heavy atom. The van der Waals surface area contributed by atoms with Crippen LogP contribution in [0.2, 0.25) is 0 Å². The van der Waals surface area contributed by atoms with E-state index in [2.05, 4.69) is 22.1 Å². The maximum Gasteiger partial charge on any atom is 0.222 e. The normalized spacial score (nSPS) is 15.6. The van der Waals surface area contributed by atoms with E-state index in [0.29, 0.717) is 13.1 Å². The largest absolute Gasteiger partial charge is 0.340 e. The van der Waals surface area contributed by atoms with Gasteiger partial charge < -0.3 is 9.47 Å². The van der Waals surface area contributed by atoms with Gasteiger partial charge >= 0.3 is 0 Å². The first-order chi connectivity index (χ1) is 11.6. The Morgan fingerprint density at radius 2 is 1.88 bits per heavy atom. The van der Waals surface area contributed by atoms with E-state index < -0.39 is 0 Å². The molecule has 2 aromatic rings. The third kappa shape index (κ3) is 4.10. The van der Waals surface area contributed by atoms with Gasteiger partial charge in [-0.25, -0.2) is 4.68 Å². The van der Waals surface area contributed by atoms with E-state index >= 15 is 0 Å². The number of benzene rings is 1. The van der Waals surface area contributed by atoms with Gasteiger partial charge in [0.2, 0.25) is 5.91 Å². The number of amides is 1. The molecule has 1 aliphatic heterocycles. The lowest BCUT2D eigenvalue weighted by molar-refractivity contribution is -0.133. The summed E-state index contributed by atoms with van der Waals surface area (Å²) in [4.78, 5) is 16.6. The van der Waals surface area contributed by atoms with Gasteiger partial charge in [0.05, 0.1) is 6.67 Å². The van der Waals surface area contributed by atoms with Crippen LogP contribution in [0.4, 0.5) is 0 Å². The van der Waals surface area contributed by atoms with E-state index in [1.807, 2.05) is 39.4 Å². The van der Waals surface area contributed by atoms with Gasteiger partial charge in [-0.1, -0.05) is 30.3 Å². The molecule has 128 valence electrons. The zero-order valence-electron chi connectivity index (χ0n) is 14.0. The molecule has 0 atom stereocenters. The molecule has 1 aliphatic rings. The van der Waals surface area contributed by atoms with E-state index in [9.17, 15) is 4.79 Å². The monoisotopic (exact) mass is 345 g/mol. The molecular weight excluding hydrogens is 322 g/mol. The first-order valence-corrected chi connectivity index (χ1v) is 8.67. The maximum atomic E-state index is 12.4. The summed E-state index contributed by atoms with van der Waals surface area (Å²) in [6.45, 7) is 3.94. The third-order valence-corrected chi connectivity index (χ3v) is 4.91. The molecule has 0 aliphatic carbocycles. The van der Waals surface area contributed by atoms with Crippen LogP contribution in [-0.4, -0.2) is 56.2 Å². The summed E-state index contributed by atoms with van der Waals surface area (Å²) in [6.07, 6.45) is 3.12. The van der Waals surface area contributed by atoms with Crippen LogP contribution in [0.1, 0.15) is 12.0 Å². The molecule has 7 heteroatoms. The lowest BCUT2D eigenvalue weighted by Gasteiger charge is -2.34. The lowest BCUT2D eigenvalue weighted by atomic mass is 10.1. The Labute approximate surface area is 147 Å². The lowest BCUT2D eigenvalue weighted by Crippen LogP contribution is -2.49. The molecule has 0 bridgehead atoms. The molecule has 0 spiro atoms. The topological polar surface area (TPSA) is 46.3 Å². The molecule has 6 nitrogen and oxygen atoms in total. The molecule has 24 heavy (non-hydrogen) atoms. The van der Waals surface area contributed by atoms with Gasteiger partial charge in [-0.05, 0) is 24.2 Å². The molecule has 0 saturated carbocycles. The van der Waals surface area contributed by atoms with Crippen LogP contribution >= 0.6 is 12.2 Å². The second kappa shape index (κ2) is 7.72. The average molecular weight is 345 g/mol. The minimum absolute atomic E-state index is 0.243. The summed E-state index contributed by atoms with van der Waals surface area (Å²) in [5.41, 5.74) is 1.22. The number of carbonyl (C=O) groups excluding carboxylic acids is 1. The molecular formula is C17H23N5OS. The van der Waals surface area contributed by atoms with E-state index in [4.69, 9.17) is 12.2 Å². The zero-order chi connectivity index (χ0) is 16.9. The summed E-state index contributed by atoms with van der Waals surface area (Å²) in [5, 5.41) is 4.28. The van der Waals surface area contributed by atoms with Crippen molar-refractivity contribution >= 4 is 18.1 Å². The predicted octanol–water partition coefficient (Wildman–Crippen LogP) is 1.69. The number of aromatic nitrogens is 3. The molecule has 2 heterocycles. The van der Waals surface area contributed by atoms with Gasteiger partial charge in [-0.15, -0.1) is 0 Å². The maximum absolute atomic E-state index is 12.4. The minimum Gasteiger partial charge on any atom is -0.340 e. The second-order valence-electron chi connectivity index (χ2n) is 6.15. The van der Waals surface area contributed by atoms with Gasteiger partial charge in [0.1, 0.15) is 6.33 Å². The highest BCUT2D eigenvalue weighted by atomic mass is 32.1. The first-order valence-electron chi connectivity index (χ1n) is 8.26. The Hall–Kier alpha value is -1.99. The van der Waals surface area contributed by atoms with Crippen molar-refractivity contribution in [3.05, 3.63) is 47.0 Å². The second-order valence-corrected chi connectivity index (χ2v) is 6.51. The Kier molecular flexibility index (Phi) is 5.42. The number of carbonyl (C=O) groups is 1. The molecule has 0 unspecified atom stereocenters. The molecule has 0 radical (unpaired) electrons. The Bertz CT molecular complexity index is 731. The third-order valence-electron chi connectivity index (χ3n) is 4.42. The van der Waals surface area contributed by atoms with Crippen LogP contribution in [0.5, 0.6) is 0 Å². The van der Waals surface area contributed by atoms with Gasteiger partial charge in [0.25, 0.3) is 0 Å². The zero-order valence-corrected chi connectivity index (χ0v) is 14.8. The minimum atomic E-state index is 0.243. The summed E-state index contributed by atoms with van der Waals surface area (Å²) in [6, 6.07) is 10.2. The standard InChI is InChI=1S/C17H23N5OS/c1-19-13-18-22(17(19)24)14-20-9-11-21(12-10-20)16(23)8-7-15-5-3-2-4-6-15/h2-6,13H,7-12,14H2,1H3. The summed E-state index contributed by atoms with van der Waals surface area (Å²) in [7, 11) is 1.90. The van der Waals surface area contributed by atoms with E-state index in [1.165, 1.54) is 5.56 Å². The Morgan fingerprint density at radius 1 is 1.17 bits per heavy atom. The molecule has 3 rings (SSSR count). The quantitative estimate of drug-likeness (QED) is 0.774. The number of rotatable bonds is 5. The van der Waals surface area contributed by atoms with Gasteiger partial charge in [0.15, 0.2) is 4.77 Å². The van der Waals surface area contributed by atoms with Crippen LogP contribution in [0.15, 0.2) is 36.7 Å². The summed E-state index contributed by atoms with van der Waals surface area (Å²) in [5.74, 6) is 0.243. The van der Waals surface area contributed by atoms with Crippen LogP contribution in [0.3, 0.4) is 0 Å². The number of piperazine rings is 1. The van der Waals surface area contributed by atoms with Crippen molar-refractivity contribution in [2.75, 3.05) is 26.2 Å². The van der Waals surface area contributed by atoms with Crippen molar-refractivity contribution in [1.82, 2.24) is 24.1 Å². The fourth-order valence-electron chi connectivity index (χ4n) is 2.90. The number of aryl methyl sites for hydroxylation is 2. The number of hydrogen-bond acceptors (Lipinski definition) is 4. The van der Waals surface area contributed by atoms with E-state index in [1.54, 1.807) is 6.33 Å². The van der Waals surface area contributed by atoms with Crippen molar-refractivity contribution in [2.24, 2.45) is 7.05 Å². The molecule has 1 aromatic carbocycles. The van der Waals surface area contributed by atoms with Crippen molar-refractivity contribution in [2.45, 2.75) is 19.5 Å². The number of hydrogen-bond donors (Lipinski definition) is 0. The fraction of sp³-hybridized carbons (Fsp3) is 0.471. The molecule has 1 fully saturated rings. The molecule has 1 aromatic heterocycles.